The first kappa shape index (κ1) is 13.6. The monoisotopic (exact) mass is 306 g/mol. The maximum Gasteiger partial charge on any atom is 0.212 e. The van der Waals surface area contributed by atoms with Crippen LogP contribution in [0.3, 0.4) is 0 Å². The van der Waals surface area contributed by atoms with E-state index in [1.165, 1.54) is 12.1 Å². The summed E-state index contributed by atoms with van der Waals surface area (Å²) in [5.41, 5.74) is 7.96. The second-order valence-corrected chi connectivity index (χ2v) is 4.93. The number of halogens is 2. The quantitative estimate of drug-likeness (QED) is 0.808. The summed E-state index contributed by atoms with van der Waals surface area (Å²) >= 11 is 5.83. The van der Waals surface area contributed by atoms with E-state index >= 15 is 0 Å². The largest absolute Gasteiger partial charge is 0.481 e. The summed E-state index contributed by atoms with van der Waals surface area (Å²) in [7, 11) is 1.56. The van der Waals surface area contributed by atoms with E-state index in [1.807, 2.05) is 6.07 Å². The number of nitrogen functional groups attached to an aromatic ring is 1. The van der Waals surface area contributed by atoms with Gasteiger partial charge in [-0.15, -0.1) is 0 Å². The minimum absolute atomic E-state index is 0.0384. The second-order valence-electron chi connectivity index (χ2n) is 4.52. The van der Waals surface area contributed by atoms with Gasteiger partial charge in [-0.25, -0.2) is 14.4 Å². The third-order valence-corrected chi connectivity index (χ3v) is 3.46. The normalized spacial score (nSPS) is 11.0. The molecule has 0 bridgehead atoms. The van der Waals surface area contributed by atoms with E-state index in [0.717, 1.165) is 5.56 Å². The van der Waals surface area contributed by atoms with Gasteiger partial charge in [0.05, 0.1) is 29.7 Å². The van der Waals surface area contributed by atoms with Crippen LogP contribution in [-0.2, 0) is 6.54 Å². The number of aromatic nitrogens is 3. The molecule has 3 aromatic rings. The zero-order chi connectivity index (χ0) is 15.0. The highest BCUT2D eigenvalue weighted by molar-refractivity contribution is 6.31. The van der Waals surface area contributed by atoms with Crippen molar-refractivity contribution in [3.63, 3.8) is 0 Å². The molecule has 0 amide bonds. The molecule has 0 fully saturated rings. The van der Waals surface area contributed by atoms with Gasteiger partial charge in [-0.05, 0) is 11.6 Å². The molecule has 0 aliphatic rings. The molecular weight excluding hydrogens is 295 g/mol. The molecule has 2 N–H and O–H groups in total. The van der Waals surface area contributed by atoms with Gasteiger partial charge in [0.1, 0.15) is 5.82 Å². The van der Waals surface area contributed by atoms with Gasteiger partial charge in [0, 0.05) is 18.3 Å². The van der Waals surface area contributed by atoms with E-state index in [2.05, 4.69) is 9.97 Å². The summed E-state index contributed by atoms with van der Waals surface area (Å²) in [4.78, 5) is 8.28. The van der Waals surface area contributed by atoms with E-state index < -0.39 is 5.82 Å². The van der Waals surface area contributed by atoms with Crippen LogP contribution in [0.1, 0.15) is 5.56 Å². The van der Waals surface area contributed by atoms with Crippen LogP contribution in [0.4, 0.5) is 10.3 Å². The molecule has 108 valence electrons. The molecule has 0 aliphatic carbocycles. The fraction of sp³-hybridized carbons (Fsp3) is 0.143. The fourth-order valence-electron chi connectivity index (χ4n) is 2.11. The predicted octanol–water partition coefficient (Wildman–Crippen LogP) is 2.86. The maximum atomic E-state index is 13.5. The van der Waals surface area contributed by atoms with Crippen molar-refractivity contribution in [2.45, 2.75) is 6.54 Å². The van der Waals surface area contributed by atoms with Crippen LogP contribution in [0.5, 0.6) is 5.88 Å². The zero-order valence-corrected chi connectivity index (χ0v) is 11.9. The highest BCUT2D eigenvalue weighted by Gasteiger charge is 2.12. The smallest absolute Gasteiger partial charge is 0.212 e. The predicted molar refractivity (Wildman–Crippen MR) is 79.0 cm³/mol. The Balaban J connectivity index is 2.03. The lowest BCUT2D eigenvalue weighted by molar-refractivity contribution is 0.397. The number of hydrogen-bond acceptors (Lipinski definition) is 4. The molecule has 3 rings (SSSR count). The summed E-state index contributed by atoms with van der Waals surface area (Å²) in [5.74, 6) is 0.315. The van der Waals surface area contributed by atoms with Crippen molar-refractivity contribution >= 4 is 28.6 Å². The second kappa shape index (κ2) is 5.21. The standard InChI is InChI=1S/C14H12ClFN4O/c1-21-13-3-2-8(6-18-13)7-20-12-4-9(15)10(16)5-11(12)19-14(20)17/h2-6H,7H2,1H3,(H2,17,19). The number of pyridine rings is 1. The number of imidazole rings is 1. The Bertz CT molecular complexity index is 801. The van der Waals surface area contributed by atoms with Crippen molar-refractivity contribution in [2.75, 3.05) is 12.8 Å². The van der Waals surface area contributed by atoms with Crippen LogP contribution in [0.15, 0.2) is 30.5 Å². The molecule has 1 aromatic carbocycles. The Morgan fingerprint density at radius 1 is 1.38 bits per heavy atom. The lowest BCUT2D eigenvalue weighted by Crippen LogP contribution is -2.05. The summed E-state index contributed by atoms with van der Waals surface area (Å²) in [6.07, 6.45) is 1.69. The van der Waals surface area contributed by atoms with Gasteiger partial charge < -0.3 is 15.0 Å². The van der Waals surface area contributed by atoms with Gasteiger partial charge in [-0.2, -0.15) is 0 Å². The molecule has 7 heteroatoms. The molecule has 21 heavy (non-hydrogen) atoms. The van der Waals surface area contributed by atoms with Crippen molar-refractivity contribution in [3.05, 3.63) is 46.9 Å². The average Bonchev–Trinajstić information content (AvgIpc) is 2.76. The molecule has 0 radical (unpaired) electrons. The van der Waals surface area contributed by atoms with Crippen LogP contribution in [0.25, 0.3) is 11.0 Å². The maximum absolute atomic E-state index is 13.5. The molecular formula is C14H12ClFN4O. The van der Waals surface area contributed by atoms with E-state index in [-0.39, 0.29) is 5.02 Å². The first-order valence-corrected chi connectivity index (χ1v) is 6.56. The number of nitrogens with zero attached hydrogens (tertiary/aromatic N) is 3. The van der Waals surface area contributed by atoms with Crippen LogP contribution >= 0.6 is 11.6 Å². The molecule has 0 unspecified atom stereocenters. The molecule has 5 nitrogen and oxygen atoms in total. The third-order valence-electron chi connectivity index (χ3n) is 3.17. The van der Waals surface area contributed by atoms with Gasteiger partial charge >= 0.3 is 0 Å². The summed E-state index contributed by atoms with van der Waals surface area (Å²) in [5, 5.41) is 0.0384. The van der Waals surface area contributed by atoms with Crippen molar-refractivity contribution < 1.29 is 9.13 Å². The van der Waals surface area contributed by atoms with Crippen molar-refractivity contribution in [1.82, 2.24) is 14.5 Å². The average molecular weight is 307 g/mol. The fourth-order valence-corrected chi connectivity index (χ4v) is 2.27. The number of methoxy groups -OCH3 is 1. The minimum atomic E-state index is -0.514. The molecule has 0 spiro atoms. The zero-order valence-electron chi connectivity index (χ0n) is 11.2. The number of ether oxygens (including phenoxy) is 1. The number of hydrogen-bond donors (Lipinski definition) is 1. The lowest BCUT2D eigenvalue weighted by atomic mass is 10.2. The van der Waals surface area contributed by atoms with Gasteiger partial charge in [0.25, 0.3) is 0 Å². The van der Waals surface area contributed by atoms with Gasteiger partial charge in [0.2, 0.25) is 11.8 Å². The number of rotatable bonds is 3. The summed E-state index contributed by atoms with van der Waals surface area (Å²) in [6, 6.07) is 6.43. The third kappa shape index (κ3) is 2.50. The Hall–Kier alpha value is -2.34. The molecule has 0 atom stereocenters. The summed E-state index contributed by atoms with van der Waals surface area (Å²) < 4.78 is 20.2. The van der Waals surface area contributed by atoms with Crippen molar-refractivity contribution in [3.8, 4) is 5.88 Å². The Labute approximate surface area is 125 Å². The van der Waals surface area contributed by atoms with Gasteiger partial charge in [0.15, 0.2) is 0 Å². The molecule has 0 saturated heterocycles. The Morgan fingerprint density at radius 2 is 2.19 bits per heavy atom. The van der Waals surface area contributed by atoms with Crippen LogP contribution < -0.4 is 10.5 Å². The summed E-state index contributed by atoms with van der Waals surface area (Å²) in [6.45, 7) is 0.460. The van der Waals surface area contributed by atoms with Crippen LogP contribution in [-0.4, -0.2) is 21.6 Å². The van der Waals surface area contributed by atoms with E-state index in [4.69, 9.17) is 22.1 Å². The topological polar surface area (TPSA) is 66.0 Å². The number of fused-ring (bicyclic) bond motifs is 1. The Kier molecular flexibility index (Phi) is 3.39. The SMILES string of the molecule is COc1ccc(Cn2c(N)nc3cc(F)c(Cl)cc32)cn1. The lowest BCUT2D eigenvalue weighted by Gasteiger charge is -2.07. The number of anilines is 1. The number of benzene rings is 1. The molecule has 2 heterocycles. The van der Waals surface area contributed by atoms with Gasteiger partial charge in [-0.1, -0.05) is 17.7 Å². The molecule has 0 aliphatic heterocycles. The van der Waals surface area contributed by atoms with Crippen molar-refractivity contribution in [1.29, 1.82) is 0 Å². The van der Waals surface area contributed by atoms with Gasteiger partial charge in [-0.3, -0.25) is 0 Å². The Morgan fingerprint density at radius 3 is 2.86 bits per heavy atom. The molecule has 2 aromatic heterocycles. The highest BCUT2D eigenvalue weighted by Crippen LogP contribution is 2.25. The van der Waals surface area contributed by atoms with E-state index in [1.54, 1.807) is 23.9 Å². The minimum Gasteiger partial charge on any atom is -0.481 e. The van der Waals surface area contributed by atoms with E-state index in [9.17, 15) is 4.39 Å². The first-order chi connectivity index (χ1) is 10.1. The van der Waals surface area contributed by atoms with Crippen molar-refractivity contribution in [2.24, 2.45) is 0 Å². The highest BCUT2D eigenvalue weighted by atomic mass is 35.5. The van der Waals surface area contributed by atoms with Crippen LogP contribution in [0.2, 0.25) is 5.02 Å². The molecule has 0 saturated carbocycles. The van der Waals surface area contributed by atoms with Crippen LogP contribution in [0, 0.1) is 5.82 Å². The first-order valence-electron chi connectivity index (χ1n) is 6.18. The van der Waals surface area contributed by atoms with E-state index in [0.29, 0.717) is 29.4 Å². The number of nitrogens with two attached hydrogens (primary N) is 1.